The van der Waals surface area contributed by atoms with Gasteiger partial charge in [0.2, 0.25) is 0 Å². The van der Waals surface area contributed by atoms with Gasteiger partial charge in [0, 0.05) is 42.3 Å². The quantitative estimate of drug-likeness (QED) is 0.455. The summed E-state index contributed by atoms with van der Waals surface area (Å²) in [5.41, 5.74) is 5.28. The summed E-state index contributed by atoms with van der Waals surface area (Å²) in [6.07, 6.45) is 1.87. The molecule has 1 unspecified atom stereocenters. The maximum absolute atomic E-state index is 14.4. The highest BCUT2D eigenvalue weighted by Crippen LogP contribution is 2.35. The molecule has 9 heteroatoms. The van der Waals surface area contributed by atoms with E-state index in [0.717, 1.165) is 16.8 Å². The molecule has 1 aliphatic heterocycles. The molecule has 1 amide bonds. The van der Waals surface area contributed by atoms with E-state index in [1.165, 1.54) is 22.4 Å². The van der Waals surface area contributed by atoms with E-state index in [9.17, 15) is 9.18 Å². The molecule has 2 aromatic carbocycles. The van der Waals surface area contributed by atoms with Crippen molar-refractivity contribution in [3.63, 3.8) is 0 Å². The van der Waals surface area contributed by atoms with Crippen LogP contribution in [0.4, 0.5) is 4.39 Å². The van der Waals surface area contributed by atoms with E-state index < -0.39 is 5.82 Å². The van der Waals surface area contributed by atoms with Crippen molar-refractivity contribution in [3.8, 4) is 5.69 Å². The molecule has 4 aromatic rings. The van der Waals surface area contributed by atoms with Crippen LogP contribution in [0.3, 0.4) is 0 Å². The largest absolute Gasteiger partial charge is 0.332 e. The van der Waals surface area contributed by atoms with Crippen LogP contribution < -0.4 is 0 Å². The van der Waals surface area contributed by atoms with Gasteiger partial charge in [0.25, 0.3) is 5.91 Å². The smallest absolute Gasteiger partial charge is 0.276 e. The first-order valence-corrected chi connectivity index (χ1v) is 11.0. The number of aryl methyl sites for hydroxylation is 1. The number of nitrogens with zero attached hydrogens (tertiary/aromatic N) is 6. The van der Waals surface area contributed by atoms with E-state index in [4.69, 9.17) is 11.6 Å². The molecule has 0 saturated heterocycles. The number of hydrogen-bond donors (Lipinski definition) is 0. The van der Waals surface area contributed by atoms with Crippen LogP contribution in [0.15, 0.2) is 48.7 Å². The summed E-state index contributed by atoms with van der Waals surface area (Å²) < 4.78 is 17.6. The third-order valence-electron chi connectivity index (χ3n) is 6.37. The lowest BCUT2D eigenvalue weighted by Gasteiger charge is -2.34. The van der Waals surface area contributed by atoms with Crippen molar-refractivity contribution in [1.29, 1.82) is 0 Å². The second-order valence-electron chi connectivity index (χ2n) is 8.28. The van der Waals surface area contributed by atoms with Crippen LogP contribution in [0, 0.1) is 19.7 Å². The molecule has 1 aliphatic rings. The number of halogens is 2. The van der Waals surface area contributed by atoms with Crippen molar-refractivity contribution in [3.05, 3.63) is 93.3 Å². The van der Waals surface area contributed by atoms with E-state index in [1.54, 1.807) is 17.9 Å². The average Bonchev–Trinajstić information content (AvgIpc) is 3.34. The maximum atomic E-state index is 14.4. The lowest BCUT2D eigenvalue weighted by atomic mass is 9.84. The number of aromatic nitrogens is 5. The fraction of sp³-hybridized carbons (Fsp3) is 0.250. The van der Waals surface area contributed by atoms with Crippen LogP contribution in [0.25, 0.3) is 5.69 Å². The maximum Gasteiger partial charge on any atom is 0.276 e. The minimum absolute atomic E-state index is 0.00309. The zero-order valence-corrected chi connectivity index (χ0v) is 19.2. The molecule has 0 spiro atoms. The van der Waals surface area contributed by atoms with E-state index in [2.05, 4.69) is 21.5 Å². The second-order valence-corrected chi connectivity index (χ2v) is 8.71. The molecule has 168 valence electrons. The Hall–Kier alpha value is -3.52. The average molecular weight is 465 g/mol. The first-order chi connectivity index (χ1) is 15.8. The van der Waals surface area contributed by atoms with Gasteiger partial charge in [-0.15, -0.1) is 5.10 Å². The van der Waals surface area contributed by atoms with Gasteiger partial charge in [0.1, 0.15) is 11.5 Å². The van der Waals surface area contributed by atoms with Gasteiger partial charge in [-0.2, -0.15) is 5.10 Å². The van der Waals surface area contributed by atoms with Crippen molar-refractivity contribution in [2.75, 3.05) is 6.54 Å². The Morgan fingerprint density at radius 2 is 1.91 bits per heavy atom. The molecular formula is C24H22ClFN6O. The van der Waals surface area contributed by atoms with Crippen molar-refractivity contribution >= 4 is 17.5 Å². The Kier molecular flexibility index (Phi) is 5.25. The third-order valence-corrected chi connectivity index (χ3v) is 6.60. The lowest BCUT2D eigenvalue weighted by molar-refractivity contribution is 0.0718. The van der Waals surface area contributed by atoms with Gasteiger partial charge in [-0.3, -0.25) is 9.48 Å². The number of benzene rings is 2. The summed E-state index contributed by atoms with van der Waals surface area (Å²) in [6.45, 7) is 4.69. The van der Waals surface area contributed by atoms with Crippen LogP contribution in [0.5, 0.6) is 0 Å². The van der Waals surface area contributed by atoms with E-state index in [-0.39, 0.29) is 28.2 Å². The number of carbonyl (C=O) groups is 1. The van der Waals surface area contributed by atoms with Gasteiger partial charge in [-0.25, -0.2) is 9.07 Å². The van der Waals surface area contributed by atoms with Gasteiger partial charge in [0.05, 0.1) is 11.9 Å². The van der Waals surface area contributed by atoms with Crippen molar-refractivity contribution in [1.82, 2.24) is 29.7 Å². The predicted molar refractivity (Wildman–Crippen MR) is 122 cm³/mol. The second kappa shape index (κ2) is 8.12. The minimum atomic E-state index is -0.534. The van der Waals surface area contributed by atoms with E-state index >= 15 is 0 Å². The highest BCUT2D eigenvalue weighted by atomic mass is 35.5. The first-order valence-electron chi connectivity index (χ1n) is 10.6. The Morgan fingerprint density at radius 3 is 2.64 bits per heavy atom. The molecule has 0 fully saturated rings. The van der Waals surface area contributed by atoms with Crippen LogP contribution in [0.2, 0.25) is 5.02 Å². The Bertz CT molecular complexity index is 1380. The highest BCUT2D eigenvalue weighted by Gasteiger charge is 2.33. The van der Waals surface area contributed by atoms with Gasteiger partial charge in [0.15, 0.2) is 5.69 Å². The summed E-state index contributed by atoms with van der Waals surface area (Å²) in [5.74, 6) is -0.778. The molecule has 7 nitrogen and oxygen atoms in total. The summed E-state index contributed by atoms with van der Waals surface area (Å²) in [7, 11) is 1.91. The molecule has 0 aliphatic carbocycles. The number of rotatable bonds is 3. The number of amides is 1. The Morgan fingerprint density at radius 1 is 1.12 bits per heavy atom. The van der Waals surface area contributed by atoms with Gasteiger partial charge in [-0.1, -0.05) is 41.1 Å². The molecule has 2 aromatic heterocycles. The summed E-state index contributed by atoms with van der Waals surface area (Å²) in [4.78, 5) is 15.3. The van der Waals surface area contributed by atoms with Crippen molar-refractivity contribution in [2.24, 2.45) is 7.05 Å². The van der Waals surface area contributed by atoms with Crippen molar-refractivity contribution in [2.45, 2.75) is 26.3 Å². The molecule has 1 atom stereocenters. The van der Waals surface area contributed by atoms with Crippen LogP contribution in [-0.4, -0.2) is 42.1 Å². The molecule has 0 N–H and O–H groups in total. The summed E-state index contributed by atoms with van der Waals surface area (Å²) >= 11 is 5.87. The van der Waals surface area contributed by atoms with Crippen molar-refractivity contribution < 1.29 is 9.18 Å². The number of hydrogen-bond acceptors (Lipinski definition) is 4. The fourth-order valence-electron chi connectivity index (χ4n) is 4.44. The van der Waals surface area contributed by atoms with Crippen LogP contribution in [0.1, 0.15) is 44.5 Å². The minimum Gasteiger partial charge on any atom is -0.332 e. The number of carbonyl (C=O) groups excluding carboxylic acids is 1. The summed E-state index contributed by atoms with van der Waals surface area (Å²) in [5, 5.41) is 12.9. The van der Waals surface area contributed by atoms with E-state index in [1.807, 2.05) is 43.0 Å². The number of fused-ring (bicyclic) bond motifs is 1. The molecule has 5 rings (SSSR count). The SMILES string of the molecule is Cc1c(C2CN(C(=O)c3nnn(-c4ccc(Cl)cc4F)c3C)Cc3ccccc32)cnn1C. The molecule has 0 radical (unpaired) electrons. The first kappa shape index (κ1) is 21.3. The lowest BCUT2D eigenvalue weighted by Crippen LogP contribution is -2.39. The Labute approximate surface area is 195 Å². The zero-order valence-electron chi connectivity index (χ0n) is 18.5. The molecule has 33 heavy (non-hydrogen) atoms. The predicted octanol–water partition coefficient (Wildman–Crippen LogP) is 4.20. The molecule has 0 saturated carbocycles. The van der Waals surface area contributed by atoms with Gasteiger partial charge < -0.3 is 4.90 Å². The normalized spacial score (nSPS) is 15.5. The standard InChI is InChI=1S/C24H22ClFN6O/c1-14-19(11-27-30(14)3)20-13-31(12-16-6-4-5-7-18(16)20)24(33)23-15(2)32(29-28-23)22-9-8-17(25)10-21(22)26/h4-11,20H,12-13H2,1-3H3. The van der Waals surface area contributed by atoms with Gasteiger partial charge >= 0.3 is 0 Å². The van der Waals surface area contributed by atoms with Gasteiger partial charge in [-0.05, 0) is 43.2 Å². The topological polar surface area (TPSA) is 68.8 Å². The molecule has 0 bridgehead atoms. The van der Waals surface area contributed by atoms with E-state index in [0.29, 0.717) is 18.8 Å². The molecular weight excluding hydrogens is 443 g/mol. The monoisotopic (exact) mass is 464 g/mol. The fourth-order valence-corrected chi connectivity index (χ4v) is 4.60. The Balaban J connectivity index is 1.51. The third kappa shape index (κ3) is 3.60. The summed E-state index contributed by atoms with van der Waals surface area (Å²) in [6, 6.07) is 12.5. The van der Waals surface area contributed by atoms with Crippen LogP contribution in [-0.2, 0) is 13.6 Å². The zero-order chi connectivity index (χ0) is 23.3. The molecule has 3 heterocycles. The van der Waals surface area contributed by atoms with Crippen LogP contribution >= 0.6 is 11.6 Å². The highest BCUT2D eigenvalue weighted by molar-refractivity contribution is 6.30.